The van der Waals surface area contributed by atoms with E-state index < -0.39 is 0 Å². The number of nitrogens with zero attached hydrogens (tertiary/aromatic N) is 3. The fourth-order valence-electron chi connectivity index (χ4n) is 2.03. The Balaban J connectivity index is 2.32. The van der Waals surface area contributed by atoms with Crippen LogP contribution >= 0.6 is 23.2 Å². The molecule has 0 aliphatic carbocycles. The Kier molecular flexibility index (Phi) is 3.08. The summed E-state index contributed by atoms with van der Waals surface area (Å²) < 4.78 is 0. The highest BCUT2D eigenvalue weighted by atomic mass is 35.5. The molecule has 7 heteroatoms. The van der Waals surface area contributed by atoms with Crippen LogP contribution in [0.2, 0.25) is 10.6 Å². The quantitative estimate of drug-likeness (QED) is 0.674. The van der Waals surface area contributed by atoms with Gasteiger partial charge in [-0.2, -0.15) is 15.0 Å². The second-order valence-corrected chi connectivity index (χ2v) is 4.78. The molecule has 0 spiro atoms. The van der Waals surface area contributed by atoms with Crippen molar-refractivity contribution in [2.24, 2.45) is 0 Å². The second-order valence-electron chi connectivity index (χ2n) is 4.10. The summed E-state index contributed by atoms with van der Waals surface area (Å²) in [4.78, 5) is 11.7. The first-order chi connectivity index (χ1) is 9.56. The number of aromatic hydroxyl groups is 1. The van der Waals surface area contributed by atoms with Crippen molar-refractivity contribution in [2.75, 3.05) is 5.73 Å². The van der Waals surface area contributed by atoms with E-state index in [2.05, 4.69) is 15.0 Å². The van der Waals surface area contributed by atoms with Crippen molar-refractivity contribution >= 4 is 39.7 Å². The van der Waals surface area contributed by atoms with E-state index in [9.17, 15) is 5.11 Å². The van der Waals surface area contributed by atoms with Gasteiger partial charge in [-0.25, -0.2) is 0 Å². The Bertz CT molecular complexity index is 803. The van der Waals surface area contributed by atoms with Crippen molar-refractivity contribution in [1.82, 2.24) is 15.0 Å². The number of halogens is 2. The number of phenols is 1. The van der Waals surface area contributed by atoms with Gasteiger partial charge in [0.25, 0.3) is 0 Å². The topological polar surface area (TPSA) is 84.9 Å². The number of nitrogen functional groups attached to an aromatic ring is 1. The number of rotatable bonds is 1. The predicted octanol–water partition coefficient (Wildman–Crippen LogP) is 3.29. The van der Waals surface area contributed by atoms with Gasteiger partial charge in [0.15, 0.2) is 5.82 Å². The second kappa shape index (κ2) is 4.77. The van der Waals surface area contributed by atoms with Gasteiger partial charge in [0, 0.05) is 10.9 Å². The van der Waals surface area contributed by atoms with E-state index >= 15 is 0 Å². The third-order valence-electron chi connectivity index (χ3n) is 2.89. The standard InChI is InChI=1S/C13H8Cl2N4O/c14-12-17-11(18-13(15)19-12)7-5-4-6-2-1-3-8(20)9(6)10(7)16/h1-5,20H,16H2. The van der Waals surface area contributed by atoms with Crippen LogP contribution in [0.5, 0.6) is 5.75 Å². The maximum atomic E-state index is 9.95. The zero-order valence-electron chi connectivity index (χ0n) is 10.0. The van der Waals surface area contributed by atoms with Crippen LogP contribution in [0.1, 0.15) is 0 Å². The molecular weight excluding hydrogens is 299 g/mol. The first-order valence-electron chi connectivity index (χ1n) is 5.64. The SMILES string of the molecule is Nc1c(-c2nc(Cl)nc(Cl)n2)ccc2cccc(O)c12. The number of aromatic nitrogens is 3. The van der Waals surface area contributed by atoms with Crippen molar-refractivity contribution in [2.45, 2.75) is 0 Å². The van der Waals surface area contributed by atoms with Crippen LogP contribution in [0.4, 0.5) is 5.69 Å². The van der Waals surface area contributed by atoms with Crippen molar-refractivity contribution in [3.8, 4) is 17.1 Å². The fraction of sp³-hybridized carbons (Fsp3) is 0. The minimum absolute atomic E-state index is 0.0169. The third-order valence-corrected chi connectivity index (χ3v) is 3.22. The van der Waals surface area contributed by atoms with Crippen LogP contribution in [0.25, 0.3) is 22.2 Å². The molecule has 0 aliphatic rings. The number of fused-ring (bicyclic) bond motifs is 1. The molecule has 3 rings (SSSR count). The molecule has 0 fully saturated rings. The summed E-state index contributed by atoms with van der Waals surface area (Å²) in [5.74, 6) is 0.353. The summed E-state index contributed by atoms with van der Waals surface area (Å²) in [6.07, 6.45) is 0. The van der Waals surface area contributed by atoms with Crippen molar-refractivity contribution in [3.63, 3.8) is 0 Å². The molecule has 1 heterocycles. The molecule has 0 atom stereocenters. The van der Waals surface area contributed by atoms with Crippen LogP contribution in [-0.2, 0) is 0 Å². The van der Waals surface area contributed by atoms with E-state index in [1.54, 1.807) is 18.2 Å². The number of nitrogens with two attached hydrogens (primary N) is 1. The smallest absolute Gasteiger partial charge is 0.227 e. The molecule has 0 bridgehead atoms. The molecule has 0 aliphatic heterocycles. The molecule has 0 amide bonds. The van der Waals surface area contributed by atoms with Gasteiger partial charge in [0.1, 0.15) is 5.75 Å². The molecular formula is C13H8Cl2N4O. The number of anilines is 1. The Morgan fingerprint density at radius 3 is 2.35 bits per heavy atom. The molecule has 0 saturated heterocycles. The molecule has 0 saturated carbocycles. The highest BCUT2D eigenvalue weighted by molar-refractivity contribution is 6.31. The first-order valence-corrected chi connectivity index (χ1v) is 6.39. The molecule has 1 aromatic heterocycles. The van der Waals surface area contributed by atoms with Crippen LogP contribution in [0.15, 0.2) is 30.3 Å². The highest BCUT2D eigenvalue weighted by Gasteiger charge is 2.13. The van der Waals surface area contributed by atoms with Gasteiger partial charge >= 0.3 is 0 Å². The Morgan fingerprint density at radius 1 is 0.950 bits per heavy atom. The molecule has 5 nitrogen and oxygen atoms in total. The summed E-state index contributed by atoms with van der Waals surface area (Å²) in [5.41, 5.74) is 7.00. The van der Waals surface area contributed by atoms with E-state index in [1.165, 1.54) is 0 Å². The monoisotopic (exact) mass is 306 g/mol. The van der Waals surface area contributed by atoms with Gasteiger partial charge in [-0.3, -0.25) is 0 Å². The van der Waals surface area contributed by atoms with Gasteiger partial charge in [-0.1, -0.05) is 18.2 Å². The fourth-order valence-corrected chi connectivity index (χ4v) is 2.39. The zero-order valence-corrected chi connectivity index (χ0v) is 11.5. The van der Waals surface area contributed by atoms with Gasteiger partial charge in [-0.05, 0) is 40.7 Å². The number of hydrogen-bond acceptors (Lipinski definition) is 5. The normalized spacial score (nSPS) is 10.9. The predicted molar refractivity (Wildman–Crippen MR) is 78.9 cm³/mol. The van der Waals surface area contributed by atoms with E-state index in [0.29, 0.717) is 16.6 Å². The van der Waals surface area contributed by atoms with E-state index in [4.69, 9.17) is 28.9 Å². The molecule has 0 unspecified atom stereocenters. The summed E-state index contributed by atoms with van der Waals surface area (Å²) in [6.45, 7) is 0. The van der Waals surface area contributed by atoms with E-state index in [0.717, 1.165) is 5.39 Å². The van der Waals surface area contributed by atoms with E-state index in [1.807, 2.05) is 12.1 Å². The first kappa shape index (κ1) is 12.9. The average Bonchev–Trinajstić information content (AvgIpc) is 2.37. The summed E-state index contributed by atoms with van der Waals surface area (Å²) in [6, 6.07) is 8.72. The molecule has 100 valence electrons. The number of hydrogen-bond donors (Lipinski definition) is 2. The van der Waals surface area contributed by atoms with Crippen molar-refractivity contribution in [3.05, 3.63) is 40.9 Å². The van der Waals surface area contributed by atoms with Crippen LogP contribution in [0, 0.1) is 0 Å². The van der Waals surface area contributed by atoms with Crippen molar-refractivity contribution < 1.29 is 5.11 Å². The Labute approximate surface area is 124 Å². The van der Waals surface area contributed by atoms with Crippen LogP contribution in [-0.4, -0.2) is 20.1 Å². The van der Waals surface area contributed by atoms with Crippen molar-refractivity contribution in [1.29, 1.82) is 0 Å². The van der Waals surface area contributed by atoms with Gasteiger partial charge in [-0.15, -0.1) is 0 Å². The molecule has 20 heavy (non-hydrogen) atoms. The minimum atomic E-state index is -0.0169. The maximum absolute atomic E-state index is 9.95. The molecule has 0 radical (unpaired) electrons. The highest BCUT2D eigenvalue weighted by Crippen LogP contribution is 2.36. The molecule has 2 aromatic carbocycles. The Morgan fingerprint density at radius 2 is 1.65 bits per heavy atom. The average molecular weight is 307 g/mol. The summed E-state index contributed by atoms with van der Waals surface area (Å²) in [7, 11) is 0. The lowest BCUT2D eigenvalue weighted by molar-refractivity contribution is 0.482. The zero-order chi connectivity index (χ0) is 14.3. The largest absolute Gasteiger partial charge is 0.507 e. The Hall–Kier alpha value is -2.11. The van der Waals surface area contributed by atoms with Gasteiger partial charge in [0.2, 0.25) is 10.6 Å². The number of phenolic OH excluding ortho intramolecular Hbond substituents is 1. The maximum Gasteiger partial charge on any atom is 0.227 e. The molecule has 3 N–H and O–H groups in total. The number of benzene rings is 2. The summed E-state index contributed by atoms with van der Waals surface area (Å²) in [5, 5.41) is 11.3. The van der Waals surface area contributed by atoms with Gasteiger partial charge in [0.05, 0.1) is 5.69 Å². The van der Waals surface area contributed by atoms with Crippen LogP contribution < -0.4 is 5.73 Å². The van der Waals surface area contributed by atoms with E-state index in [-0.39, 0.29) is 22.1 Å². The lowest BCUT2D eigenvalue weighted by atomic mass is 10.0. The molecule has 3 aromatic rings. The summed E-state index contributed by atoms with van der Waals surface area (Å²) >= 11 is 11.5. The van der Waals surface area contributed by atoms with Crippen LogP contribution in [0.3, 0.4) is 0 Å². The third kappa shape index (κ3) is 2.11. The lowest BCUT2D eigenvalue weighted by Crippen LogP contribution is -1.98. The minimum Gasteiger partial charge on any atom is -0.507 e. The van der Waals surface area contributed by atoms with Gasteiger partial charge < -0.3 is 10.8 Å². The lowest BCUT2D eigenvalue weighted by Gasteiger charge is -2.09.